The fraction of sp³-hybridized carbons (Fsp3) is 0.200. The maximum Gasteiger partial charge on any atom is 0.340 e. The molecule has 1 rings (SSSR count). The van der Waals surface area contributed by atoms with Crippen molar-refractivity contribution in [2.75, 3.05) is 6.61 Å². The third-order valence-electron chi connectivity index (χ3n) is 1.69. The van der Waals surface area contributed by atoms with E-state index in [4.69, 9.17) is 11.6 Å². The van der Waals surface area contributed by atoms with Gasteiger partial charge in [-0.1, -0.05) is 11.6 Å². The molecule has 0 spiro atoms. The molecule has 5 heteroatoms. The Kier molecular flexibility index (Phi) is 3.80. The summed E-state index contributed by atoms with van der Waals surface area (Å²) in [5.41, 5.74) is -0.214. The Morgan fingerprint density at radius 1 is 1.60 bits per heavy atom. The van der Waals surface area contributed by atoms with Crippen LogP contribution in [0.2, 0.25) is 5.02 Å². The van der Waals surface area contributed by atoms with Gasteiger partial charge in [-0.2, -0.15) is 0 Å². The van der Waals surface area contributed by atoms with Gasteiger partial charge >= 0.3 is 5.97 Å². The van der Waals surface area contributed by atoms with E-state index >= 15 is 0 Å². The van der Waals surface area contributed by atoms with E-state index in [2.05, 4.69) is 4.74 Å². The Labute approximate surface area is 90.8 Å². The first kappa shape index (κ1) is 11.7. The quantitative estimate of drug-likeness (QED) is 0.592. The number of benzene rings is 1. The molecule has 0 aliphatic rings. The lowest BCUT2D eigenvalue weighted by Crippen LogP contribution is -2.09. The summed E-state index contributed by atoms with van der Waals surface area (Å²) in [6, 6.07) is 1.89. The van der Waals surface area contributed by atoms with E-state index in [9.17, 15) is 14.0 Å². The zero-order chi connectivity index (χ0) is 11.4. The molecule has 0 amide bonds. The molecular weight excluding hydrogens is 223 g/mol. The fourth-order valence-corrected chi connectivity index (χ4v) is 1.40. The van der Waals surface area contributed by atoms with Crippen molar-refractivity contribution >= 4 is 23.9 Å². The molecule has 0 aliphatic heterocycles. The van der Waals surface area contributed by atoms with E-state index in [0.717, 1.165) is 12.1 Å². The van der Waals surface area contributed by atoms with Gasteiger partial charge in [0.05, 0.1) is 17.2 Å². The molecule has 0 saturated heterocycles. The highest BCUT2D eigenvalue weighted by atomic mass is 35.5. The second-order valence-corrected chi connectivity index (χ2v) is 3.10. The molecule has 0 fully saturated rings. The van der Waals surface area contributed by atoms with Crippen LogP contribution in [0.4, 0.5) is 4.39 Å². The van der Waals surface area contributed by atoms with Gasteiger partial charge < -0.3 is 4.74 Å². The van der Waals surface area contributed by atoms with Crippen LogP contribution in [0.15, 0.2) is 12.1 Å². The minimum absolute atomic E-state index is 0.102. The Balaban J connectivity index is 3.26. The molecule has 3 nitrogen and oxygen atoms in total. The number of hydrogen-bond donors (Lipinski definition) is 0. The second kappa shape index (κ2) is 4.89. The van der Waals surface area contributed by atoms with Gasteiger partial charge in [-0.05, 0) is 19.1 Å². The Morgan fingerprint density at radius 2 is 2.27 bits per heavy atom. The number of halogens is 2. The number of carbonyl (C=O) groups excluding carboxylic acids is 2. The van der Waals surface area contributed by atoms with E-state index in [1.165, 1.54) is 0 Å². The third-order valence-corrected chi connectivity index (χ3v) is 1.99. The molecule has 0 aliphatic carbocycles. The van der Waals surface area contributed by atoms with E-state index < -0.39 is 11.8 Å². The summed E-state index contributed by atoms with van der Waals surface area (Å²) in [5, 5.41) is -0.129. The Morgan fingerprint density at radius 3 is 2.80 bits per heavy atom. The first-order valence-corrected chi connectivity index (χ1v) is 4.59. The van der Waals surface area contributed by atoms with E-state index in [0.29, 0.717) is 6.29 Å². The molecule has 1 aromatic rings. The molecule has 0 saturated carbocycles. The lowest BCUT2D eigenvalue weighted by molar-refractivity contribution is 0.0524. The summed E-state index contributed by atoms with van der Waals surface area (Å²) in [6.45, 7) is 1.78. The van der Waals surface area contributed by atoms with Crippen molar-refractivity contribution in [3.05, 3.63) is 34.1 Å². The number of aldehydes is 1. The summed E-state index contributed by atoms with van der Waals surface area (Å²) in [7, 11) is 0. The predicted octanol–water partition coefficient (Wildman–Crippen LogP) is 2.47. The van der Waals surface area contributed by atoms with Crippen molar-refractivity contribution < 1.29 is 18.7 Å². The molecule has 15 heavy (non-hydrogen) atoms. The van der Waals surface area contributed by atoms with Gasteiger partial charge in [0.1, 0.15) is 5.82 Å². The zero-order valence-corrected chi connectivity index (χ0v) is 8.68. The van der Waals surface area contributed by atoms with Crippen LogP contribution in [-0.4, -0.2) is 18.9 Å². The van der Waals surface area contributed by atoms with Gasteiger partial charge in [0, 0.05) is 5.56 Å². The highest BCUT2D eigenvalue weighted by Gasteiger charge is 2.17. The first-order chi connectivity index (χ1) is 7.10. The fourth-order valence-electron chi connectivity index (χ4n) is 1.11. The van der Waals surface area contributed by atoms with Gasteiger partial charge in [0.25, 0.3) is 0 Å². The normalized spacial score (nSPS) is 9.80. The van der Waals surface area contributed by atoms with Crippen LogP contribution in [0.5, 0.6) is 0 Å². The number of rotatable bonds is 3. The molecule has 0 atom stereocenters. The largest absolute Gasteiger partial charge is 0.462 e. The topological polar surface area (TPSA) is 43.4 Å². The summed E-state index contributed by atoms with van der Waals surface area (Å²) in [4.78, 5) is 22.0. The van der Waals surface area contributed by atoms with Gasteiger partial charge in [-0.25, -0.2) is 9.18 Å². The minimum Gasteiger partial charge on any atom is -0.462 e. The van der Waals surface area contributed by atoms with Crippen LogP contribution in [-0.2, 0) is 4.74 Å². The lowest BCUT2D eigenvalue weighted by Gasteiger charge is -2.06. The molecule has 0 radical (unpaired) electrons. The maximum absolute atomic E-state index is 12.8. The molecule has 0 heterocycles. The summed E-state index contributed by atoms with van der Waals surface area (Å²) in [6.07, 6.45) is 0.362. The van der Waals surface area contributed by atoms with Crippen molar-refractivity contribution in [2.24, 2.45) is 0 Å². The Hall–Kier alpha value is -1.42. The molecule has 0 aromatic heterocycles. The second-order valence-electron chi connectivity index (χ2n) is 2.69. The standard InChI is InChI=1S/C10H8ClFO3/c1-2-15-10(14)9-6(5-13)3-7(12)4-8(9)11/h3-5H,2H2,1H3. The SMILES string of the molecule is CCOC(=O)c1c(Cl)cc(F)cc1C=O. The van der Waals surface area contributed by atoms with Crippen molar-refractivity contribution in [1.29, 1.82) is 0 Å². The number of carbonyl (C=O) groups is 2. The molecule has 80 valence electrons. The van der Waals surface area contributed by atoms with Gasteiger partial charge in [-0.15, -0.1) is 0 Å². The van der Waals surface area contributed by atoms with Crippen LogP contribution in [0.1, 0.15) is 27.6 Å². The molecular formula is C10H8ClFO3. The van der Waals surface area contributed by atoms with Crippen molar-refractivity contribution in [2.45, 2.75) is 6.92 Å². The maximum atomic E-state index is 12.8. The zero-order valence-electron chi connectivity index (χ0n) is 7.92. The average Bonchev–Trinajstić information content (AvgIpc) is 2.16. The van der Waals surface area contributed by atoms with Gasteiger partial charge in [-0.3, -0.25) is 4.79 Å². The minimum atomic E-state index is -0.732. The highest BCUT2D eigenvalue weighted by molar-refractivity contribution is 6.34. The summed E-state index contributed by atoms with van der Waals surface area (Å²) < 4.78 is 17.5. The molecule has 1 aromatic carbocycles. The van der Waals surface area contributed by atoms with Crippen LogP contribution in [0.3, 0.4) is 0 Å². The lowest BCUT2D eigenvalue weighted by atomic mass is 10.1. The van der Waals surface area contributed by atoms with E-state index in [1.807, 2.05) is 0 Å². The number of ether oxygens (including phenoxy) is 1. The summed E-state index contributed by atoms with van der Waals surface area (Å²) >= 11 is 5.64. The molecule has 0 bridgehead atoms. The van der Waals surface area contributed by atoms with Crippen LogP contribution in [0, 0.1) is 5.82 Å². The van der Waals surface area contributed by atoms with Gasteiger partial charge in [0.15, 0.2) is 6.29 Å². The number of esters is 1. The first-order valence-electron chi connectivity index (χ1n) is 4.21. The average molecular weight is 231 g/mol. The smallest absolute Gasteiger partial charge is 0.340 e. The monoisotopic (exact) mass is 230 g/mol. The number of hydrogen-bond acceptors (Lipinski definition) is 3. The third kappa shape index (κ3) is 2.53. The van der Waals surface area contributed by atoms with E-state index in [-0.39, 0.29) is 22.8 Å². The van der Waals surface area contributed by atoms with Crippen molar-refractivity contribution in [3.63, 3.8) is 0 Å². The summed E-state index contributed by atoms with van der Waals surface area (Å²) in [5.74, 6) is -1.40. The van der Waals surface area contributed by atoms with Crippen LogP contribution < -0.4 is 0 Å². The van der Waals surface area contributed by atoms with Crippen molar-refractivity contribution in [1.82, 2.24) is 0 Å². The van der Waals surface area contributed by atoms with Crippen LogP contribution >= 0.6 is 11.6 Å². The Bertz CT molecular complexity index is 404. The molecule has 0 unspecified atom stereocenters. The highest BCUT2D eigenvalue weighted by Crippen LogP contribution is 2.22. The van der Waals surface area contributed by atoms with Gasteiger partial charge in [0.2, 0.25) is 0 Å². The van der Waals surface area contributed by atoms with Crippen LogP contribution in [0.25, 0.3) is 0 Å². The molecule has 0 N–H and O–H groups in total. The predicted molar refractivity (Wildman–Crippen MR) is 52.8 cm³/mol. The van der Waals surface area contributed by atoms with Crippen molar-refractivity contribution in [3.8, 4) is 0 Å². The van der Waals surface area contributed by atoms with E-state index in [1.54, 1.807) is 6.92 Å².